The third-order valence-corrected chi connectivity index (χ3v) is 6.71. The lowest BCUT2D eigenvalue weighted by Crippen LogP contribution is -2.45. The molecule has 5 rings (SSSR count). The minimum atomic E-state index is -0.0641. The lowest BCUT2D eigenvalue weighted by molar-refractivity contribution is 0.0275. The molecule has 0 aliphatic carbocycles. The van der Waals surface area contributed by atoms with Crippen LogP contribution in [0.5, 0.6) is 11.5 Å². The van der Waals surface area contributed by atoms with Crippen LogP contribution in [0.4, 0.5) is 0 Å². The molecule has 0 aromatic heterocycles. The molecule has 3 heterocycles. The Balaban J connectivity index is 1.22. The lowest BCUT2D eigenvalue weighted by atomic mass is 10.00. The van der Waals surface area contributed by atoms with Gasteiger partial charge in [0.05, 0.1) is 31.4 Å². The molecular weight excluding hydrogens is 420 g/mol. The Morgan fingerprint density at radius 3 is 2.79 bits per heavy atom. The van der Waals surface area contributed by atoms with Gasteiger partial charge in [-0.25, -0.2) is 0 Å². The van der Waals surface area contributed by atoms with Crippen LogP contribution in [0.2, 0.25) is 0 Å². The van der Waals surface area contributed by atoms with E-state index < -0.39 is 0 Å². The molecular formula is C26H32N2O5. The Labute approximate surface area is 195 Å². The van der Waals surface area contributed by atoms with Gasteiger partial charge in [-0.05, 0) is 29.7 Å². The molecule has 1 fully saturated rings. The van der Waals surface area contributed by atoms with E-state index in [9.17, 15) is 4.79 Å². The molecule has 7 heteroatoms. The summed E-state index contributed by atoms with van der Waals surface area (Å²) in [4.78, 5) is 17.6. The van der Waals surface area contributed by atoms with Gasteiger partial charge >= 0.3 is 0 Å². The van der Waals surface area contributed by atoms with E-state index in [0.717, 1.165) is 39.1 Å². The van der Waals surface area contributed by atoms with E-state index in [1.807, 2.05) is 23.1 Å². The highest BCUT2D eigenvalue weighted by molar-refractivity contribution is 5.97. The van der Waals surface area contributed by atoms with Crippen molar-refractivity contribution < 1.29 is 23.7 Å². The minimum Gasteiger partial charge on any atom is -0.491 e. The summed E-state index contributed by atoms with van der Waals surface area (Å²) < 4.78 is 23.1. The summed E-state index contributed by atoms with van der Waals surface area (Å²) in [5.41, 5.74) is 3.39. The summed E-state index contributed by atoms with van der Waals surface area (Å²) in [7, 11) is 1.73. The van der Waals surface area contributed by atoms with Gasteiger partial charge in [0.25, 0.3) is 5.91 Å². The summed E-state index contributed by atoms with van der Waals surface area (Å²) in [6.07, 6.45) is 1.93. The molecule has 7 nitrogen and oxygen atoms in total. The number of hydrogen-bond donors (Lipinski definition) is 0. The van der Waals surface area contributed by atoms with E-state index in [1.165, 1.54) is 11.1 Å². The van der Waals surface area contributed by atoms with Gasteiger partial charge in [-0.15, -0.1) is 0 Å². The van der Waals surface area contributed by atoms with E-state index in [0.29, 0.717) is 43.4 Å². The van der Waals surface area contributed by atoms with Crippen molar-refractivity contribution in [3.05, 3.63) is 59.2 Å². The maximum Gasteiger partial charge on any atom is 0.257 e. The van der Waals surface area contributed by atoms with Crippen LogP contribution >= 0.6 is 0 Å². The number of benzene rings is 2. The molecule has 2 unspecified atom stereocenters. The Bertz CT molecular complexity index is 975. The summed E-state index contributed by atoms with van der Waals surface area (Å²) in [6.45, 7) is 5.56. The SMILES string of the molecule is COC(CN1CCc2ccccc2C1)CN1CCOc2cc(OC3CCOC3)ccc2C1=O. The monoisotopic (exact) mass is 452 g/mol. The zero-order valence-electron chi connectivity index (χ0n) is 19.2. The number of fused-ring (bicyclic) bond motifs is 2. The molecule has 0 spiro atoms. The third kappa shape index (κ3) is 5.16. The fraction of sp³-hybridized carbons (Fsp3) is 0.500. The standard InChI is InChI=1S/C26H32N2O5/c1-30-23(16-27-10-8-19-4-2-3-5-20(19)15-27)17-28-11-13-32-25-14-21(6-7-24(25)26(28)29)33-22-9-12-31-18-22/h2-7,14,22-23H,8-13,15-18H2,1H3. The van der Waals surface area contributed by atoms with Crippen LogP contribution in [0.25, 0.3) is 0 Å². The molecule has 3 aliphatic rings. The van der Waals surface area contributed by atoms with E-state index in [1.54, 1.807) is 7.11 Å². The number of rotatable bonds is 7. The molecule has 33 heavy (non-hydrogen) atoms. The molecule has 0 bridgehead atoms. The lowest BCUT2D eigenvalue weighted by Gasteiger charge is -2.33. The van der Waals surface area contributed by atoms with Crippen molar-refractivity contribution >= 4 is 5.91 Å². The normalized spacial score (nSPS) is 21.7. The zero-order valence-corrected chi connectivity index (χ0v) is 19.2. The molecule has 2 aromatic rings. The molecule has 3 aliphatic heterocycles. The first-order chi connectivity index (χ1) is 16.2. The topological polar surface area (TPSA) is 60.5 Å². The Morgan fingerprint density at radius 2 is 1.97 bits per heavy atom. The molecule has 176 valence electrons. The first-order valence-corrected chi connectivity index (χ1v) is 11.8. The third-order valence-electron chi connectivity index (χ3n) is 6.71. The number of methoxy groups -OCH3 is 1. The highest BCUT2D eigenvalue weighted by Crippen LogP contribution is 2.29. The number of hydrogen-bond acceptors (Lipinski definition) is 6. The fourth-order valence-electron chi connectivity index (χ4n) is 4.83. The smallest absolute Gasteiger partial charge is 0.257 e. The summed E-state index contributed by atoms with van der Waals surface area (Å²) in [5, 5.41) is 0. The first kappa shape index (κ1) is 22.2. The maximum absolute atomic E-state index is 13.3. The first-order valence-electron chi connectivity index (χ1n) is 11.8. The summed E-state index contributed by atoms with van der Waals surface area (Å²) in [6, 6.07) is 14.1. The van der Waals surface area contributed by atoms with Crippen LogP contribution in [0.1, 0.15) is 27.9 Å². The molecule has 0 radical (unpaired) electrons. The van der Waals surface area contributed by atoms with Gasteiger partial charge in [0.1, 0.15) is 24.2 Å². The minimum absolute atomic E-state index is 0.0238. The van der Waals surface area contributed by atoms with Gasteiger partial charge in [0.15, 0.2) is 0 Å². The average Bonchev–Trinajstić information content (AvgIpc) is 3.30. The average molecular weight is 453 g/mol. The van der Waals surface area contributed by atoms with Crippen molar-refractivity contribution in [2.75, 3.05) is 53.1 Å². The maximum atomic E-state index is 13.3. The number of amides is 1. The van der Waals surface area contributed by atoms with Gasteiger partial charge < -0.3 is 23.8 Å². The highest BCUT2D eigenvalue weighted by atomic mass is 16.5. The van der Waals surface area contributed by atoms with Gasteiger partial charge in [0.2, 0.25) is 0 Å². The molecule has 0 N–H and O–H groups in total. The predicted molar refractivity (Wildman–Crippen MR) is 124 cm³/mol. The van der Waals surface area contributed by atoms with Crippen LogP contribution in [-0.2, 0) is 22.4 Å². The van der Waals surface area contributed by atoms with Crippen LogP contribution in [0, 0.1) is 0 Å². The predicted octanol–water partition coefficient (Wildman–Crippen LogP) is 2.76. The second-order valence-corrected chi connectivity index (χ2v) is 8.97. The molecule has 2 aromatic carbocycles. The summed E-state index contributed by atoms with van der Waals surface area (Å²) in [5.74, 6) is 1.27. The molecule has 2 atom stereocenters. The Morgan fingerprint density at radius 1 is 1.09 bits per heavy atom. The van der Waals surface area contributed by atoms with E-state index in [2.05, 4.69) is 29.2 Å². The Hall–Kier alpha value is -2.61. The fourth-order valence-corrected chi connectivity index (χ4v) is 4.83. The molecule has 1 amide bonds. The number of carbonyl (C=O) groups is 1. The van der Waals surface area contributed by atoms with Gasteiger partial charge in [-0.2, -0.15) is 0 Å². The molecule has 0 saturated carbocycles. The van der Waals surface area contributed by atoms with Crippen LogP contribution in [0.3, 0.4) is 0 Å². The van der Waals surface area contributed by atoms with Gasteiger partial charge in [-0.3, -0.25) is 9.69 Å². The molecule has 1 saturated heterocycles. The van der Waals surface area contributed by atoms with Crippen molar-refractivity contribution in [3.63, 3.8) is 0 Å². The number of carbonyl (C=O) groups excluding carboxylic acids is 1. The largest absolute Gasteiger partial charge is 0.491 e. The number of nitrogens with zero attached hydrogens (tertiary/aromatic N) is 2. The van der Waals surface area contributed by atoms with Crippen molar-refractivity contribution in [3.8, 4) is 11.5 Å². The quantitative estimate of drug-likeness (QED) is 0.644. The number of ether oxygens (including phenoxy) is 4. The van der Waals surface area contributed by atoms with Crippen LogP contribution in [0.15, 0.2) is 42.5 Å². The second kappa shape index (κ2) is 10.1. The second-order valence-electron chi connectivity index (χ2n) is 8.97. The zero-order chi connectivity index (χ0) is 22.6. The Kier molecular flexibility index (Phi) is 6.80. The van der Waals surface area contributed by atoms with E-state index in [-0.39, 0.29) is 18.1 Å². The van der Waals surface area contributed by atoms with Crippen LogP contribution < -0.4 is 9.47 Å². The van der Waals surface area contributed by atoms with Crippen LogP contribution in [-0.4, -0.2) is 81.0 Å². The van der Waals surface area contributed by atoms with Gasteiger partial charge in [-0.1, -0.05) is 24.3 Å². The van der Waals surface area contributed by atoms with E-state index in [4.69, 9.17) is 18.9 Å². The van der Waals surface area contributed by atoms with Crippen molar-refractivity contribution in [1.82, 2.24) is 9.80 Å². The van der Waals surface area contributed by atoms with Crippen molar-refractivity contribution in [2.24, 2.45) is 0 Å². The highest BCUT2D eigenvalue weighted by Gasteiger charge is 2.28. The van der Waals surface area contributed by atoms with Crippen molar-refractivity contribution in [2.45, 2.75) is 31.6 Å². The van der Waals surface area contributed by atoms with Gasteiger partial charge in [0, 0.05) is 45.8 Å². The summed E-state index contributed by atoms with van der Waals surface area (Å²) >= 11 is 0. The van der Waals surface area contributed by atoms with Crippen molar-refractivity contribution in [1.29, 1.82) is 0 Å². The van der Waals surface area contributed by atoms with E-state index >= 15 is 0 Å².